The van der Waals surface area contributed by atoms with Crippen molar-refractivity contribution in [1.29, 1.82) is 0 Å². The number of hydrogen-bond acceptors (Lipinski definition) is 4. The van der Waals surface area contributed by atoms with Crippen LogP contribution in [0.15, 0.2) is 24.7 Å². The van der Waals surface area contributed by atoms with E-state index >= 15 is 0 Å². The van der Waals surface area contributed by atoms with Crippen LogP contribution in [0.1, 0.15) is 69.0 Å². The molecule has 1 amide bonds. The Kier molecular flexibility index (Phi) is 7.48. The van der Waals surface area contributed by atoms with E-state index in [0.717, 1.165) is 37.4 Å². The van der Waals surface area contributed by atoms with Gasteiger partial charge < -0.3 is 20.1 Å². The minimum Gasteiger partial charge on any atom is -0.332 e. The van der Waals surface area contributed by atoms with E-state index in [-0.39, 0.29) is 18.0 Å². The number of likely N-dealkylation sites (tertiary alicyclic amines) is 1. The number of carbonyl (C=O) groups is 1. The van der Waals surface area contributed by atoms with E-state index in [4.69, 9.17) is 0 Å². The van der Waals surface area contributed by atoms with E-state index < -0.39 is 11.6 Å². The Bertz CT molecular complexity index is 1030. The molecule has 4 atom stereocenters. The summed E-state index contributed by atoms with van der Waals surface area (Å²) in [5.74, 6) is 0.112. The molecule has 1 aliphatic heterocycles. The first-order valence-electron chi connectivity index (χ1n) is 13.3. The Morgan fingerprint density at radius 3 is 2.77 bits per heavy atom. The maximum absolute atomic E-state index is 14.3. The zero-order chi connectivity index (χ0) is 24.4. The molecule has 3 aliphatic rings. The van der Waals surface area contributed by atoms with Crippen LogP contribution in [0, 0.1) is 17.6 Å². The number of anilines is 1. The molecular weight excluding hydrogens is 448 g/mol. The standard InChI is InChI=1S/C27H37F2N5O/c1-2-5-24(31-21-8-6-18-12-20(28)13-23(29)22(18)14-21)27(35)32-26-16-34(17-30-26)25-9-7-19(25)15-33-10-3-4-11-33/h12-13,16-17,19,21,24-25,31H,2-11,14-15H2,1H3,(H,32,35)/t19?,21?,24-,25?/m0/s1. The lowest BCUT2D eigenvalue weighted by Crippen LogP contribution is -2.48. The molecule has 35 heavy (non-hydrogen) atoms. The van der Waals surface area contributed by atoms with Gasteiger partial charge in [0.2, 0.25) is 5.91 Å². The van der Waals surface area contributed by atoms with Gasteiger partial charge in [0.05, 0.1) is 12.4 Å². The van der Waals surface area contributed by atoms with E-state index in [1.165, 1.54) is 38.4 Å². The number of aryl methyl sites for hydroxylation is 1. The van der Waals surface area contributed by atoms with Crippen LogP contribution in [0.2, 0.25) is 0 Å². The Hall–Kier alpha value is -2.32. The third kappa shape index (κ3) is 5.59. The lowest BCUT2D eigenvalue weighted by atomic mass is 9.79. The monoisotopic (exact) mass is 485 g/mol. The van der Waals surface area contributed by atoms with Crippen LogP contribution < -0.4 is 10.6 Å². The quantitative estimate of drug-likeness (QED) is 0.551. The molecule has 1 aromatic heterocycles. The normalized spacial score (nSPS) is 25.2. The number of carbonyl (C=O) groups excluding carboxylic acids is 1. The van der Waals surface area contributed by atoms with Crippen molar-refractivity contribution in [1.82, 2.24) is 19.8 Å². The van der Waals surface area contributed by atoms with Crippen molar-refractivity contribution >= 4 is 11.7 Å². The first-order chi connectivity index (χ1) is 17.0. The molecule has 1 saturated heterocycles. The summed E-state index contributed by atoms with van der Waals surface area (Å²) in [5.41, 5.74) is 1.30. The molecule has 2 N–H and O–H groups in total. The van der Waals surface area contributed by atoms with Crippen LogP contribution in [0.4, 0.5) is 14.6 Å². The molecule has 3 unspecified atom stereocenters. The van der Waals surface area contributed by atoms with E-state index in [1.807, 2.05) is 19.4 Å². The molecule has 1 saturated carbocycles. The molecule has 2 heterocycles. The van der Waals surface area contributed by atoms with Gasteiger partial charge in [-0.1, -0.05) is 13.3 Å². The molecule has 0 radical (unpaired) electrons. The van der Waals surface area contributed by atoms with Crippen molar-refractivity contribution < 1.29 is 13.6 Å². The van der Waals surface area contributed by atoms with Crippen molar-refractivity contribution in [3.63, 3.8) is 0 Å². The average molecular weight is 486 g/mol. The molecule has 190 valence electrons. The fraction of sp³-hybridized carbons (Fsp3) is 0.630. The highest BCUT2D eigenvalue weighted by Crippen LogP contribution is 2.39. The van der Waals surface area contributed by atoms with Gasteiger partial charge in [0.1, 0.15) is 11.6 Å². The molecule has 1 aromatic carbocycles. The third-order valence-electron chi connectivity index (χ3n) is 8.10. The number of imidazole rings is 1. The minimum absolute atomic E-state index is 0.0244. The predicted octanol–water partition coefficient (Wildman–Crippen LogP) is 4.46. The summed E-state index contributed by atoms with van der Waals surface area (Å²) < 4.78 is 30.0. The smallest absolute Gasteiger partial charge is 0.242 e. The van der Waals surface area contributed by atoms with Gasteiger partial charge in [-0.2, -0.15) is 0 Å². The van der Waals surface area contributed by atoms with Crippen LogP contribution in [0.5, 0.6) is 0 Å². The Morgan fingerprint density at radius 2 is 2.03 bits per heavy atom. The average Bonchev–Trinajstić information content (AvgIpc) is 3.49. The maximum Gasteiger partial charge on any atom is 0.242 e. The summed E-state index contributed by atoms with van der Waals surface area (Å²) in [6, 6.07) is 2.43. The molecule has 6 nitrogen and oxygen atoms in total. The van der Waals surface area contributed by atoms with Crippen LogP contribution in [0.25, 0.3) is 0 Å². The van der Waals surface area contributed by atoms with Crippen molar-refractivity contribution in [3.8, 4) is 0 Å². The number of aromatic nitrogens is 2. The topological polar surface area (TPSA) is 62.2 Å². The summed E-state index contributed by atoms with van der Waals surface area (Å²) in [6.45, 7) is 5.64. The first-order valence-corrected chi connectivity index (χ1v) is 13.3. The van der Waals surface area contributed by atoms with Gasteiger partial charge in [-0.05, 0) is 87.6 Å². The lowest BCUT2D eigenvalue weighted by Gasteiger charge is -2.39. The molecule has 2 aliphatic carbocycles. The van der Waals surface area contributed by atoms with E-state index in [2.05, 4.69) is 25.1 Å². The zero-order valence-corrected chi connectivity index (χ0v) is 20.6. The predicted molar refractivity (Wildman–Crippen MR) is 132 cm³/mol. The van der Waals surface area contributed by atoms with Gasteiger partial charge in [-0.15, -0.1) is 0 Å². The summed E-state index contributed by atoms with van der Waals surface area (Å²) in [6.07, 6.45) is 12.2. The van der Waals surface area contributed by atoms with Gasteiger partial charge in [0, 0.05) is 30.9 Å². The van der Waals surface area contributed by atoms with E-state index in [0.29, 0.717) is 42.6 Å². The number of rotatable bonds is 9. The molecule has 8 heteroatoms. The van der Waals surface area contributed by atoms with Gasteiger partial charge in [0.25, 0.3) is 0 Å². The Labute approximate surface area is 206 Å². The number of hydrogen-bond donors (Lipinski definition) is 2. The van der Waals surface area contributed by atoms with Crippen LogP contribution >= 0.6 is 0 Å². The lowest BCUT2D eigenvalue weighted by molar-refractivity contribution is -0.118. The van der Waals surface area contributed by atoms with Crippen molar-refractivity contribution in [2.45, 2.75) is 82.8 Å². The number of amides is 1. The number of halogens is 2. The molecule has 0 spiro atoms. The molecule has 2 aromatic rings. The Balaban J connectivity index is 1.18. The number of benzene rings is 1. The van der Waals surface area contributed by atoms with Gasteiger partial charge in [-0.3, -0.25) is 4.79 Å². The number of fused-ring (bicyclic) bond motifs is 1. The fourth-order valence-corrected chi connectivity index (χ4v) is 6.04. The highest BCUT2D eigenvalue weighted by atomic mass is 19.1. The molecule has 5 rings (SSSR count). The highest BCUT2D eigenvalue weighted by molar-refractivity contribution is 5.94. The van der Waals surface area contributed by atoms with Crippen LogP contribution in [0.3, 0.4) is 0 Å². The Morgan fingerprint density at radius 1 is 1.20 bits per heavy atom. The summed E-state index contributed by atoms with van der Waals surface area (Å²) >= 11 is 0. The van der Waals surface area contributed by atoms with E-state index in [9.17, 15) is 13.6 Å². The summed E-state index contributed by atoms with van der Waals surface area (Å²) in [5, 5.41) is 6.44. The summed E-state index contributed by atoms with van der Waals surface area (Å²) in [4.78, 5) is 20.2. The number of nitrogens with zero attached hydrogens (tertiary/aromatic N) is 3. The largest absolute Gasteiger partial charge is 0.332 e. The second kappa shape index (κ2) is 10.7. The van der Waals surface area contributed by atoms with E-state index in [1.54, 1.807) is 0 Å². The second-order valence-electron chi connectivity index (χ2n) is 10.6. The van der Waals surface area contributed by atoms with Crippen LogP contribution in [-0.4, -0.2) is 52.1 Å². The van der Waals surface area contributed by atoms with Gasteiger partial charge in [-0.25, -0.2) is 13.8 Å². The fourth-order valence-electron chi connectivity index (χ4n) is 6.04. The minimum atomic E-state index is -0.528. The molecular formula is C27H37F2N5O. The van der Waals surface area contributed by atoms with Gasteiger partial charge in [0.15, 0.2) is 5.82 Å². The second-order valence-corrected chi connectivity index (χ2v) is 10.6. The molecule has 0 bridgehead atoms. The first kappa shape index (κ1) is 24.4. The highest BCUT2D eigenvalue weighted by Gasteiger charge is 2.34. The molecule has 2 fully saturated rings. The number of nitrogens with one attached hydrogen (secondary N) is 2. The van der Waals surface area contributed by atoms with Crippen LogP contribution in [-0.2, 0) is 17.6 Å². The maximum atomic E-state index is 14.3. The zero-order valence-electron chi connectivity index (χ0n) is 20.6. The summed E-state index contributed by atoms with van der Waals surface area (Å²) in [7, 11) is 0. The van der Waals surface area contributed by atoms with Crippen molar-refractivity contribution in [2.75, 3.05) is 25.0 Å². The van der Waals surface area contributed by atoms with Gasteiger partial charge >= 0.3 is 0 Å². The third-order valence-corrected chi connectivity index (χ3v) is 8.10. The van der Waals surface area contributed by atoms with Crippen molar-refractivity contribution in [2.24, 2.45) is 5.92 Å². The SMILES string of the molecule is CCC[C@H](NC1CCc2cc(F)cc(F)c2C1)C(=O)Nc1cn(C2CCC2CN2CCCC2)cn1. The van der Waals surface area contributed by atoms with Crippen molar-refractivity contribution in [3.05, 3.63) is 47.4 Å².